The van der Waals surface area contributed by atoms with Crippen LogP contribution in [0.15, 0.2) is 53.0 Å². The van der Waals surface area contributed by atoms with Gasteiger partial charge in [-0.3, -0.25) is 0 Å². The number of rotatable bonds is 4. The van der Waals surface area contributed by atoms with Crippen molar-refractivity contribution in [2.45, 2.75) is 12.5 Å². The first-order valence-corrected chi connectivity index (χ1v) is 6.74. The fourth-order valence-electron chi connectivity index (χ4n) is 1.85. The van der Waals surface area contributed by atoms with Crippen molar-refractivity contribution in [3.63, 3.8) is 0 Å². The third kappa shape index (κ3) is 2.99. The number of hydrogen-bond donors (Lipinski definition) is 2. The van der Waals surface area contributed by atoms with Gasteiger partial charge in [0.15, 0.2) is 5.54 Å². The van der Waals surface area contributed by atoms with Crippen LogP contribution in [0, 0.1) is 5.82 Å². The van der Waals surface area contributed by atoms with Crippen LogP contribution in [0.5, 0.6) is 0 Å². The molecule has 2 aromatic carbocycles. The molecule has 0 spiro atoms. The van der Waals surface area contributed by atoms with Gasteiger partial charge in [-0.05, 0) is 48.9 Å². The van der Waals surface area contributed by atoms with Gasteiger partial charge in [-0.2, -0.15) is 0 Å². The standard InChI is InChI=1S/C15H13BrFNO2/c1-15(14(19)20,10-2-4-11(16)5-3-10)18-13-8-6-12(17)7-9-13/h2-9,18H,1H3,(H,19,20). The van der Waals surface area contributed by atoms with Gasteiger partial charge in [-0.25, -0.2) is 9.18 Å². The summed E-state index contributed by atoms with van der Waals surface area (Å²) in [4.78, 5) is 11.6. The molecule has 0 saturated carbocycles. The Morgan fingerprint density at radius 1 is 1.15 bits per heavy atom. The second kappa shape index (κ2) is 5.63. The van der Waals surface area contributed by atoms with Crippen LogP contribution in [0.3, 0.4) is 0 Å². The number of anilines is 1. The number of carboxylic acid groups (broad SMARTS) is 1. The molecule has 3 nitrogen and oxygen atoms in total. The molecule has 0 saturated heterocycles. The summed E-state index contributed by atoms with van der Waals surface area (Å²) in [6.45, 7) is 1.57. The molecule has 0 aliphatic carbocycles. The van der Waals surface area contributed by atoms with Crippen LogP contribution in [0.25, 0.3) is 0 Å². The smallest absolute Gasteiger partial charge is 0.333 e. The maximum absolute atomic E-state index is 12.9. The second-order valence-electron chi connectivity index (χ2n) is 4.57. The van der Waals surface area contributed by atoms with E-state index in [1.165, 1.54) is 24.3 Å². The summed E-state index contributed by atoms with van der Waals surface area (Å²) in [5.74, 6) is -1.37. The molecular formula is C15H13BrFNO2. The van der Waals surface area contributed by atoms with Gasteiger partial charge < -0.3 is 10.4 Å². The summed E-state index contributed by atoms with van der Waals surface area (Å²) in [5.41, 5.74) is -0.143. The SMILES string of the molecule is CC(Nc1ccc(F)cc1)(C(=O)O)c1ccc(Br)cc1. The first kappa shape index (κ1) is 14.5. The lowest BCUT2D eigenvalue weighted by atomic mass is 9.91. The number of aliphatic carboxylic acids is 1. The molecule has 0 amide bonds. The Morgan fingerprint density at radius 3 is 2.20 bits per heavy atom. The van der Waals surface area contributed by atoms with Gasteiger partial charge in [0.1, 0.15) is 5.82 Å². The van der Waals surface area contributed by atoms with Crippen LogP contribution < -0.4 is 5.32 Å². The molecule has 104 valence electrons. The van der Waals surface area contributed by atoms with E-state index in [9.17, 15) is 14.3 Å². The molecular weight excluding hydrogens is 325 g/mol. The Hall–Kier alpha value is -1.88. The lowest BCUT2D eigenvalue weighted by Gasteiger charge is -2.28. The monoisotopic (exact) mass is 337 g/mol. The highest BCUT2D eigenvalue weighted by Gasteiger charge is 2.35. The minimum atomic E-state index is -1.29. The number of carbonyl (C=O) groups is 1. The van der Waals surface area contributed by atoms with Gasteiger partial charge >= 0.3 is 5.97 Å². The van der Waals surface area contributed by atoms with Crippen molar-refractivity contribution in [2.24, 2.45) is 0 Å². The second-order valence-corrected chi connectivity index (χ2v) is 5.48. The van der Waals surface area contributed by atoms with Crippen molar-refractivity contribution in [3.8, 4) is 0 Å². The first-order chi connectivity index (χ1) is 9.41. The molecule has 0 fully saturated rings. The fraction of sp³-hybridized carbons (Fsp3) is 0.133. The molecule has 0 heterocycles. The van der Waals surface area contributed by atoms with Gasteiger partial charge in [-0.15, -0.1) is 0 Å². The third-order valence-electron chi connectivity index (χ3n) is 3.09. The summed E-state index contributed by atoms with van der Waals surface area (Å²) in [5, 5.41) is 12.5. The van der Waals surface area contributed by atoms with Gasteiger partial charge in [0.05, 0.1) is 0 Å². The van der Waals surface area contributed by atoms with E-state index < -0.39 is 11.5 Å². The van der Waals surface area contributed by atoms with Gasteiger partial charge in [-0.1, -0.05) is 28.1 Å². The van der Waals surface area contributed by atoms with Crippen molar-refractivity contribution >= 4 is 27.6 Å². The Bertz CT molecular complexity index is 613. The number of benzene rings is 2. The van der Waals surface area contributed by atoms with E-state index in [0.717, 1.165) is 4.47 Å². The average Bonchev–Trinajstić information content (AvgIpc) is 2.42. The molecule has 0 radical (unpaired) electrons. The maximum Gasteiger partial charge on any atom is 0.333 e. The normalized spacial score (nSPS) is 13.6. The van der Waals surface area contributed by atoms with Crippen LogP contribution >= 0.6 is 15.9 Å². The van der Waals surface area contributed by atoms with E-state index >= 15 is 0 Å². The first-order valence-electron chi connectivity index (χ1n) is 5.95. The van der Waals surface area contributed by atoms with Crippen LogP contribution in [0.4, 0.5) is 10.1 Å². The predicted molar refractivity (Wildman–Crippen MR) is 79.2 cm³/mol. The fourth-order valence-corrected chi connectivity index (χ4v) is 2.12. The largest absolute Gasteiger partial charge is 0.479 e. The Kier molecular flexibility index (Phi) is 4.09. The van der Waals surface area contributed by atoms with Crippen LogP contribution in [0.2, 0.25) is 0 Å². The molecule has 20 heavy (non-hydrogen) atoms. The van der Waals surface area contributed by atoms with Crippen molar-refractivity contribution in [1.29, 1.82) is 0 Å². The average molecular weight is 338 g/mol. The zero-order valence-electron chi connectivity index (χ0n) is 10.7. The Balaban J connectivity index is 2.37. The lowest BCUT2D eigenvalue weighted by Crippen LogP contribution is -2.40. The molecule has 2 rings (SSSR count). The molecule has 0 bridgehead atoms. The number of hydrogen-bond acceptors (Lipinski definition) is 2. The summed E-state index contributed by atoms with van der Waals surface area (Å²) < 4.78 is 13.8. The van der Waals surface area contributed by atoms with E-state index in [1.54, 1.807) is 31.2 Å². The molecule has 2 aromatic rings. The summed E-state index contributed by atoms with van der Waals surface area (Å²) >= 11 is 3.31. The van der Waals surface area contributed by atoms with Crippen LogP contribution in [-0.4, -0.2) is 11.1 Å². The van der Waals surface area contributed by atoms with Crippen molar-refractivity contribution in [1.82, 2.24) is 0 Å². The molecule has 1 unspecified atom stereocenters. The lowest BCUT2D eigenvalue weighted by molar-refractivity contribution is -0.142. The van der Waals surface area contributed by atoms with Gasteiger partial charge in [0.25, 0.3) is 0 Å². The quantitative estimate of drug-likeness (QED) is 0.886. The highest BCUT2D eigenvalue weighted by atomic mass is 79.9. The number of carboxylic acids is 1. The van der Waals surface area contributed by atoms with E-state index in [2.05, 4.69) is 21.2 Å². The molecule has 2 N–H and O–H groups in total. The molecule has 0 aliphatic heterocycles. The zero-order valence-corrected chi connectivity index (χ0v) is 12.3. The molecule has 1 atom stereocenters. The number of halogens is 2. The van der Waals surface area contributed by atoms with E-state index in [-0.39, 0.29) is 5.82 Å². The highest BCUT2D eigenvalue weighted by molar-refractivity contribution is 9.10. The van der Waals surface area contributed by atoms with E-state index in [1.807, 2.05) is 0 Å². The summed E-state index contributed by atoms with van der Waals surface area (Å²) in [6, 6.07) is 12.6. The van der Waals surface area contributed by atoms with E-state index in [0.29, 0.717) is 11.3 Å². The van der Waals surface area contributed by atoms with Crippen molar-refractivity contribution in [3.05, 3.63) is 64.4 Å². The van der Waals surface area contributed by atoms with Crippen LogP contribution in [-0.2, 0) is 10.3 Å². The molecule has 0 aromatic heterocycles. The molecule has 0 aliphatic rings. The number of nitrogens with one attached hydrogen (secondary N) is 1. The van der Waals surface area contributed by atoms with Gasteiger partial charge in [0.2, 0.25) is 0 Å². The minimum Gasteiger partial charge on any atom is -0.479 e. The van der Waals surface area contributed by atoms with Gasteiger partial charge in [0, 0.05) is 10.2 Å². The topological polar surface area (TPSA) is 49.3 Å². The van der Waals surface area contributed by atoms with E-state index in [4.69, 9.17) is 0 Å². The Labute approximate surface area is 124 Å². The highest BCUT2D eigenvalue weighted by Crippen LogP contribution is 2.28. The third-order valence-corrected chi connectivity index (χ3v) is 3.62. The maximum atomic E-state index is 12.9. The summed E-state index contributed by atoms with van der Waals surface area (Å²) in [6.07, 6.45) is 0. The van der Waals surface area contributed by atoms with Crippen molar-refractivity contribution < 1.29 is 14.3 Å². The zero-order chi connectivity index (χ0) is 14.8. The summed E-state index contributed by atoms with van der Waals surface area (Å²) in [7, 11) is 0. The molecule has 5 heteroatoms. The Morgan fingerprint density at radius 2 is 1.70 bits per heavy atom. The van der Waals surface area contributed by atoms with Crippen molar-refractivity contribution in [2.75, 3.05) is 5.32 Å². The minimum absolute atomic E-state index is 0.365. The van der Waals surface area contributed by atoms with Crippen LogP contribution in [0.1, 0.15) is 12.5 Å². The predicted octanol–water partition coefficient (Wildman–Crippen LogP) is 4.00.